The Kier molecular flexibility index (Phi) is 2.94. The Bertz CT molecular complexity index is 847. The van der Waals surface area contributed by atoms with Gasteiger partial charge in [0.05, 0.1) is 6.67 Å². The molecule has 0 N–H and O–H groups in total. The zero-order chi connectivity index (χ0) is 14.4. The second-order valence-electron chi connectivity index (χ2n) is 5.39. The molecule has 108 valence electrons. The van der Waals surface area contributed by atoms with Gasteiger partial charge in [-0.25, -0.2) is 4.79 Å². The Hall–Kier alpha value is -1.92. The summed E-state index contributed by atoms with van der Waals surface area (Å²) in [5.74, 6) is 0. The van der Waals surface area contributed by atoms with E-state index in [-0.39, 0.29) is 5.69 Å². The van der Waals surface area contributed by atoms with Gasteiger partial charge < -0.3 is 0 Å². The van der Waals surface area contributed by atoms with E-state index in [1.807, 2.05) is 29.5 Å². The molecule has 6 heteroatoms. The summed E-state index contributed by atoms with van der Waals surface area (Å²) in [5, 5.41) is 6.57. The van der Waals surface area contributed by atoms with Crippen molar-refractivity contribution in [2.75, 3.05) is 6.54 Å². The molecule has 1 aliphatic heterocycles. The summed E-state index contributed by atoms with van der Waals surface area (Å²) in [7, 11) is 0. The first kappa shape index (κ1) is 12.8. The van der Waals surface area contributed by atoms with Crippen molar-refractivity contribution < 1.29 is 0 Å². The molecule has 3 aromatic rings. The van der Waals surface area contributed by atoms with Crippen LogP contribution >= 0.6 is 11.3 Å². The van der Waals surface area contributed by atoms with Crippen molar-refractivity contribution >= 4 is 17.0 Å². The highest BCUT2D eigenvalue weighted by atomic mass is 32.1. The molecular weight excluding hydrogens is 284 g/mol. The van der Waals surface area contributed by atoms with Crippen LogP contribution in [0.1, 0.15) is 23.4 Å². The van der Waals surface area contributed by atoms with Crippen molar-refractivity contribution in [1.29, 1.82) is 0 Å². The van der Waals surface area contributed by atoms with Gasteiger partial charge in [0.1, 0.15) is 0 Å². The van der Waals surface area contributed by atoms with Crippen molar-refractivity contribution in [3.63, 3.8) is 0 Å². The summed E-state index contributed by atoms with van der Waals surface area (Å²) >= 11 is 1.83. The van der Waals surface area contributed by atoms with Crippen LogP contribution in [0.3, 0.4) is 0 Å². The first-order chi connectivity index (χ1) is 10.2. The molecule has 0 spiro atoms. The lowest BCUT2D eigenvalue weighted by Gasteiger charge is -2.32. The molecule has 1 atom stereocenters. The molecule has 0 saturated carbocycles. The summed E-state index contributed by atoms with van der Waals surface area (Å²) in [5.41, 5.74) is 2.01. The number of nitrogens with zero attached hydrogens (tertiary/aromatic N) is 4. The average molecular weight is 300 g/mol. The molecule has 0 amide bonds. The summed E-state index contributed by atoms with van der Waals surface area (Å²) < 4.78 is 3.15. The number of hydrogen-bond donors (Lipinski definition) is 0. The lowest BCUT2D eigenvalue weighted by atomic mass is 10.0. The third-order valence-corrected chi connectivity index (χ3v) is 5.20. The first-order valence-electron chi connectivity index (χ1n) is 7.08. The fraction of sp³-hybridized carbons (Fsp3) is 0.333. The van der Waals surface area contributed by atoms with Crippen LogP contribution in [0.25, 0.3) is 5.65 Å². The molecule has 4 rings (SSSR count). The minimum Gasteiger partial charge on any atom is -0.277 e. The first-order valence-corrected chi connectivity index (χ1v) is 7.96. The van der Waals surface area contributed by atoms with E-state index in [0.717, 1.165) is 13.0 Å². The summed E-state index contributed by atoms with van der Waals surface area (Å²) in [6.45, 7) is 3.71. The van der Waals surface area contributed by atoms with Gasteiger partial charge in [0.25, 0.3) is 0 Å². The second kappa shape index (κ2) is 4.82. The number of fused-ring (bicyclic) bond motifs is 2. The molecule has 21 heavy (non-hydrogen) atoms. The van der Waals surface area contributed by atoms with Crippen molar-refractivity contribution in [2.24, 2.45) is 0 Å². The van der Waals surface area contributed by atoms with E-state index < -0.39 is 0 Å². The monoisotopic (exact) mass is 300 g/mol. The van der Waals surface area contributed by atoms with E-state index in [0.29, 0.717) is 18.4 Å². The summed E-state index contributed by atoms with van der Waals surface area (Å²) in [4.78, 5) is 16.1. The Morgan fingerprint density at radius 1 is 1.38 bits per heavy atom. The van der Waals surface area contributed by atoms with Crippen LogP contribution in [0.4, 0.5) is 0 Å². The van der Waals surface area contributed by atoms with Crippen LogP contribution in [0.5, 0.6) is 0 Å². The Labute approximate surface area is 126 Å². The third-order valence-electron chi connectivity index (χ3n) is 4.21. The topological polar surface area (TPSA) is 42.5 Å². The standard InChI is InChI=1S/C15H16N4OS/c1-11-12-6-9-21-13(12)5-8-17(11)10-19-15(20)18-7-3-2-4-14(18)16-19/h2-4,6-7,9,11H,5,8,10H2,1H3/t11-/m1/s1. The molecular formula is C15H16N4OS. The maximum atomic E-state index is 12.3. The van der Waals surface area contributed by atoms with Gasteiger partial charge in [0.2, 0.25) is 0 Å². The zero-order valence-corrected chi connectivity index (χ0v) is 12.6. The number of aromatic nitrogens is 3. The largest absolute Gasteiger partial charge is 0.351 e. The van der Waals surface area contributed by atoms with E-state index in [9.17, 15) is 4.79 Å². The van der Waals surface area contributed by atoms with Gasteiger partial charge in [-0.1, -0.05) is 6.07 Å². The zero-order valence-electron chi connectivity index (χ0n) is 11.8. The smallest absolute Gasteiger partial charge is 0.277 e. The Balaban J connectivity index is 1.67. The summed E-state index contributed by atoms with van der Waals surface area (Å²) in [6.07, 6.45) is 2.82. The Morgan fingerprint density at radius 3 is 3.14 bits per heavy atom. The van der Waals surface area contributed by atoms with Gasteiger partial charge in [0, 0.05) is 23.7 Å². The fourth-order valence-corrected chi connectivity index (χ4v) is 3.95. The quantitative estimate of drug-likeness (QED) is 0.728. The third kappa shape index (κ3) is 2.02. The normalized spacial score (nSPS) is 19.0. The molecule has 0 saturated heterocycles. The van der Waals surface area contributed by atoms with Crippen molar-refractivity contribution in [1.82, 2.24) is 19.1 Å². The van der Waals surface area contributed by atoms with Crippen LogP contribution in [0, 0.1) is 0 Å². The molecule has 0 aliphatic carbocycles. The predicted octanol–water partition coefficient (Wildman–Crippen LogP) is 2.13. The maximum Gasteiger partial charge on any atom is 0.351 e. The molecule has 4 heterocycles. The summed E-state index contributed by atoms with van der Waals surface area (Å²) in [6, 6.07) is 8.13. The fourth-order valence-electron chi connectivity index (χ4n) is 2.99. The molecule has 1 aliphatic rings. The van der Waals surface area contributed by atoms with E-state index in [1.165, 1.54) is 10.4 Å². The van der Waals surface area contributed by atoms with Crippen LogP contribution in [0.2, 0.25) is 0 Å². The minimum atomic E-state index is -0.0751. The lowest BCUT2D eigenvalue weighted by Crippen LogP contribution is -2.38. The number of hydrogen-bond acceptors (Lipinski definition) is 4. The predicted molar refractivity (Wildman–Crippen MR) is 82.6 cm³/mol. The highest BCUT2D eigenvalue weighted by Crippen LogP contribution is 2.32. The maximum absolute atomic E-state index is 12.3. The van der Waals surface area contributed by atoms with E-state index in [4.69, 9.17) is 0 Å². The van der Waals surface area contributed by atoms with E-state index in [1.54, 1.807) is 15.3 Å². The van der Waals surface area contributed by atoms with Gasteiger partial charge >= 0.3 is 5.69 Å². The average Bonchev–Trinajstić information content (AvgIpc) is 3.09. The lowest BCUT2D eigenvalue weighted by molar-refractivity contribution is 0.143. The van der Waals surface area contributed by atoms with Gasteiger partial charge in [-0.3, -0.25) is 9.30 Å². The number of thiophene rings is 1. The van der Waals surface area contributed by atoms with Crippen molar-refractivity contribution in [2.45, 2.75) is 26.1 Å². The second-order valence-corrected chi connectivity index (χ2v) is 6.39. The van der Waals surface area contributed by atoms with Crippen LogP contribution in [-0.2, 0) is 13.1 Å². The molecule has 5 nitrogen and oxygen atoms in total. The number of pyridine rings is 1. The SMILES string of the molecule is C[C@@H]1c2ccsc2CCN1Cn1nc2ccccn2c1=O. The molecule has 0 fully saturated rings. The van der Waals surface area contributed by atoms with Gasteiger partial charge in [-0.2, -0.15) is 4.68 Å². The van der Waals surface area contributed by atoms with E-state index in [2.05, 4.69) is 28.4 Å². The van der Waals surface area contributed by atoms with Gasteiger partial charge in [-0.15, -0.1) is 16.4 Å². The molecule has 0 radical (unpaired) electrons. The highest BCUT2D eigenvalue weighted by Gasteiger charge is 2.25. The van der Waals surface area contributed by atoms with Crippen LogP contribution < -0.4 is 5.69 Å². The highest BCUT2D eigenvalue weighted by molar-refractivity contribution is 7.10. The van der Waals surface area contributed by atoms with Crippen molar-refractivity contribution in [3.8, 4) is 0 Å². The Morgan fingerprint density at radius 2 is 2.29 bits per heavy atom. The number of rotatable bonds is 2. The van der Waals surface area contributed by atoms with E-state index >= 15 is 0 Å². The molecule has 0 bridgehead atoms. The molecule has 3 aromatic heterocycles. The van der Waals surface area contributed by atoms with Crippen LogP contribution in [-0.4, -0.2) is 25.6 Å². The molecule has 0 aromatic carbocycles. The van der Waals surface area contributed by atoms with Crippen molar-refractivity contribution in [3.05, 3.63) is 56.8 Å². The molecule has 0 unspecified atom stereocenters. The van der Waals surface area contributed by atoms with Crippen LogP contribution in [0.15, 0.2) is 40.6 Å². The minimum absolute atomic E-state index is 0.0751. The van der Waals surface area contributed by atoms with Gasteiger partial charge in [-0.05, 0) is 42.5 Å². The van der Waals surface area contributed by atoms with Gasteiger partial charge in [0.15, 0.2) is 5.65 Å².